The van der Waals surface area contributed by atoms with Gasteiger partial charge in [0.15, 0.2) is 5.82 Å². The second-order valence-corrected chi connectivity index (χ2v) is 7.10. The van der Waals surface area contributed by atoms with Gasteiger partial charge in [0.2, 0.25) is 5.82 Å². The van der Waals surface area contributed by atoms with Crippen LogP contribution in [0.5, 0.6) is 0 Å². The van der Waals surface area contributed by atoms with Crippen LogP contribution in [-0.4, -0.2) is 45.6 Å². The van der Waals surface area contributed by atoms with Crippen molar-refractivity contribution in [3.05, 3.63) is 96.3 Å². The molecule has 1 N–H and O–H groups in total. The number of rotatable bonds is 5. The number of hydrogen-bond donors (Lipinski definition) is 1. The standard InChI is InChI=1S/C24H21N5O2/c1-28(2)24(31)18-13-15-19(16-14-18)25-23(30)21-26-22(17-9-5-3-6-10-17)29(27-21)20-11-7-4-8-12-20/h3-16H,1-2H3,(H,25,30). The van der Waals surface area contributed by atoms with E-state index in [1.807, 2.05) is 60.7 Å². The number of para-hydroxylation sites is 1. The maximum atomic E-state index is 12.8. The minimum atomic E-state index is -0.432. The minimum Gasteiger partial charge on any atom is -0.345 e. The summed E-state index contributed by atoms with van der Waals surface area (Å²) < 4.78 is 1.66. The molecule has 0 aliphatic rings. The van der Waals surface area contributed by atoms with Crippen molar-refractivity contribution in [2.45, 2.75) is 0 Å². The summed E-state index contributed by atoms with van der Waals surface area (Å²) in [5.41, 5.74) is 2.75. The fraction of sp³-hybridized carbons (Fsp3) is 0.0833. The summed E-state index contributed by atoms with van der Waals surface area (Å²) >= 11 is 0. The monoisotopic (exact) mass is 411 g/mol. The number of aromatic nitrogens is 3. The van der Waals surface area contributed by atoms with Crippen molar-refractivity contribution in [1.82, 2.24) is 19.7 Å². The van der Waals surface area contributed by atoms with Gasteiger partial charge in [-0.15, -0.1) is 5.10 Å². The van der Waals surface area contributed by atoms with Gasteiger partial charge in [-0.05, 0) is 36.4 Å². The van der Waals surface area contributed by atoms with Gasteiger partial charge in [0, 0.05) is 30.9 Å². The van der Waals surface area contributed by atoms with E-state index >= 15 is 0 Å². The zero-order valence-corrected chi connectivity index (χ0v) is 17.2. The highest BCUT2D eigenvalue weighted by Crippen LogP contribution is 2.21. The summed E-state index contributed by atoms with van der Waals surface area (Å²) in [5.74, 6) is 0.0900. The number of amides is 2. The SMILES string of the molecule is CN(C)C(=O)c1ccc(NC(=O)c2nc(-c3ccccc3)n(-c3ccccc3)n2)cc1. The average molecular weight is 411 g/mol. The summed E-state index contributed by atoms with van der Waals surface area (Å²) in [7, 11) is 3.38. The molecule has 0 unspecified atom stereocenters. The van der Waals surface area contributed by atoms with Gasteiger partial charge in [-0.3, -0.25) is 9.59 Å². The van der Waals surface area contributed by atoms with Crippen LogP contribution < -0.4 is 5.32 Å². The van der Waals surface area contributed by atoms with Gasteiger partial charge in [-0.2, -0.15) is 0 Å². The van der Waals surface area contributed by atoms with E-state index in [4.69, 9.17) is 0 Å². The highest BCUT2D eigenvalue weighted by atomic mass is 16.2. The Bertz CT molecular complexity index is 1140. The van der Waals surface area contributed by atoms with E-state index in [2.05, 4.69) is 15.4 Å². The molecule has 4 rings (SSSR count). The molecule has 0 aliphatic carbocycles. The molecule has 7 nitrogen and oxygen atoms in total. The van der Waals surface area contributed by atoms with Gasteiger partial charge >= 0.3 is 0 Å². The molecular weight excluding hydrogens is 390 g/mol. The molecule has 0 atom stereocenters. The van der Waals surface area contributed by atoms with Crippen LogP contribution in [0.4, 0.5) is 5.69 Å². The molecule has 0 aliphatic heterocycles. The topological polar surface area (TPSA) is 80.1 Å². The molecule has 154 valence electrons. The molecule has 3 aromatic carbocycles. The van der Waals surface area contributed by atoms with E-state index < -0.39 is 5.91 Å². The lowest BCUT2D eigenvalue weighted by Crippen LogP contribution is -2.21. The van der Waals surface area contributed by atoms with E-state index in [-0.39, 0.29) is 11.7 Å². The van der Waals surface area contributed by atoms with Crippen molar-refractivity contribution >= 4 is 17.5 Å². The smallest absolute Gasteiger partial charge is 0.295 e. The zero-order chi connectivity index (χ0) is 21.8. The molecule has 0 radical (unpaired) electrons. The molecule has 0 spiro atoms. The number of anilines is 1. The van der Waals surface area contributed by atoms with Crippen LogP contribution in [0.25, 0.3) is 17.1 Å². The van der Waals surface area contributed by atoms with E-state index in [1.165, 1.54) is 4.90 Å². The lowest BCUT2D eigenvalue weighted by molar-refractivity contribution is 0.0827. The molecule has 0 saturated carbocycles. The van der Waals surface area contributed by atoms with Gasteiger partial charge in [-0.1, -0.05) is 48.5 Å². The molecule has 4 aromatic rings. The predicted octanol–water partition coefficient (Wildman–Crippen LogP) is 3.89. The van der Waals surface area contributed by atoms with Gasteiger partial charge < -0.3 is 10.2 Å². The zero-order valence-electron chi connectivity index (χ0n) is 17.2. The maximum Gasteiger partial charge on any atom is 0.295 e. The third kappa shape index (κ3) is 4.35. The molecular formula is C24H21N5O2. The Labute approximate surface area is 180 Å². The Kier molecular flexibility index (Phi) is 5.57. The molecule has 7 heteroatoms. The van der Waals surface area contributed by atoms with Crippen LogP contribution in [0.3, 0.4) is 0 Å². The Balaban J connectivity index is 1.63. The summed E-state index contributed by atoms with van der Waals surface area (Å²) in [6.07, 6.45) is 0. The Morgan fingerprint density at radius 3 is 2.06 bits per heavy atom. The lowest BCUT2D eigenvalue weighted by atomic mass is 10.2. The predicted molar refractivity (Wildman–Crippen MR) is 119 cm³/mol. The van der Waals surface area contributed by atoms with Crippen LogP contribution in [0.1, 0.15) is 21.0 Å². The van der Waals surface area contributed by atoms with Crippen molar-refractivity contribution < 1.29 is 9.59 Å². The average Bonchev–Trinajstić information content (AvgIpc) is 3.26. The summed E-state index contributed by atoms with van der Waals surface area (Å²) in [6, 6.07) is 25.8. The first-order chi connectivity index (χ1) is 15.0. The quantitative estimate of drug-likeness (QED) is 0.540. The highest BCUT2D eigenvalue weighted by Gasteiger charge is 2.19. The third-order valence-electron chi connectivity index (χ3n) is 4.64. The molecule has 31 heavy (non-hydrogen) atoms. The number of benzene rings is 3. The molecule has 1 heterocycles. The second-order valence-electron chi connectivity index (χ2n) is 7.10. The first-order valence-electron chi connectivity index (χ1n) is 9.74. The van der Waals surface area contributed by atoms with Gasteiger partial charge in [-0.25, -0.2) is 9.67 Å². The van der Waals surface area contributed by atoms with Gasteiger partial charge in [0.25, 0.3) is 11.8 Å². The number of carbonyl (C=O) groups excluding carboxylic acids is 2. The number of nitrogens with one attached hydrogen (secondary N) is 1. The Hall–Kier alpha value is -4.26. The first-order valence-corrected chi connectivity index (χ1v) is 9.74. The van der Waals surface area contributed by atoms with Crippen LogP contribution in [0.2, 0.25) is 0 Å². The van der Waals surface area contributed by atoms with Crippen molar-refractivity contribution in [1.29, 1.82) is 0 Å². The van der Waals surface area contributed by atoms with Crippen LogP contribution in [0.15, 0.2) is 84.9 Å². The fourth-order valence-electron chi connectivity index (χ4n) is 3.07. The van der Waals surface area contributed by atoms with Crippen molar-refractivity contribution in [3.63, 3.8) is 0 Å². The van der Waals surface area contributed by atoms with Crippen molar-refractivity contribution in [2.75, 3.05) is 19.4 Å². The number of hydrogen-bond acceptors (Lipinski definition) is 4. The normalized spacial score (nSPS) is 10.5. The largest absolute Gasteiger partial charge is 0.345 e. The highest BCUT2D eigenvalue weighted by molar-refractivity contribution is 6.02. The Morgan fingerprint density at radius 1 is 0.839 bits per heavy atom. The summed E-state index contributed by atoms with van der Waals surface area (Å²) in [4.78, 5) is 30.9. The molecule has 0 saturated heterocycles. The van der Waals surface area contributed by atoms with Crippen molar-refractivity contribution in [3.8, 4) is 17.1 Å². The summed E-state index contributed by atoms with van der Waals surface area (Å²) in [6.45, 7) is 0. The fourth-order valence-corrected chi connectivity index (χ4v) is 3.07. The van der Waals surface area contributed by atoms with Gasteiger partial charge in [0.1, 0.15) is 0 Å². The minimum absolute atomic E-state index is 0.0520. The van der Waals surface area contributed by atoms with Crippen molar-refractivity contribution in [2.24, 2.45) is 0 Å². The molecule has 0 fully saturated rings. The molecule has 1 aromatic heterocycles. The summed E-state index contributed by atoms with van der Waals surface area (Å²) in [5, 5.41) is 7.25. The van der Waals surface area contributed by atoms with Crippen LogP contribution in [0, 0.1) is 0 Å². The lowest BCUT2D eigenvalue weighted by Gasteiger charge is -2.10. The number of carbonyl (C=O) groups is 2. The first kappa shape index (κ1) is 20.0. The van der Waals surface area contributed by atoms with Gasteiger partial charge in [0.05, 0.1) is 5.69 Å². The molecule has 2 amide bonds. The third-order valence-corrected chi connectivity index (χ3v) is 4.64. The van der Waals surface area contributed by atoms with E-state index in [9.17, 15) is 9.59 Å². The van der Waals surface area contributed by atoms with E-state index in [0.29, 0.717) is 17.1 Å². The number of nitrogens with zero attached hydrogens (tertiary/aromatic N) is 4. The van der Waals surface area contributed by atoms with E-state index in [1.54, 1.807) is 43.0 Å². The maximum absolute atomic E-state index is 12.8. The second kappa shape index (κ2) is 8.62. The Morgan fingerprint density at radius 2 is 1.45 bits per heavy atom. The van der Waals surface area contributed by atoms with E-state index in [0.717, 1.165) is 11.3 Å². The molecule has 0 bridgehead atoms. The van der Waals surface area contributed by atoms with Crippen LogP contribution >= 0.6 is 0 Å². The van der Waals surface area contributed by atoms with Crippen LogP contribution in [-0.2, 0) is 0 Å².